The van der Waals surface area contributed by atoms with E-state index in [0.717, 1.165) is 6.20 Å². The van der Waals surface area contributed by atoms with Gasteiger partial charge in [0.05, 0.1) is 22.8 Å². The third-order valence-corrected chi connectivity index (χ3v) is 2.81. The Bertz CT molecular complexity index is 400. The zero-order valence-corrected chi connectivity index (χ0v) is 9.31. The van der Waals surface area contributed by atoms with Crippen LogP contribution >= 0.6 is 22.6 Å². The topological polar surface area (TPSA) is 76.3 Å². The highest BCUT2D eigenvalue weighted by Crippen LogP contribution is 2.32. The predicted octanol–water partition coefficient (Wildman–Crippen LogP) is 2.02. The Kier molecular flexibility index (Phi) is 3.85. The Morgan fingerprint density at radius 2 is 2.27 bits per heavy atom. The molecule has 0 bridgehead atoms. The van der Waals surface area contributed by atoms with E-state index >= 15 is 0 Å². The number of halogens is 3. The first-order valence-corrected chi connectivity index (χ1v) is 4.77. The third-order valence-electron chi connectivity index (χ3n) is 1.68. The number of hydrogen-bond donors (Lipinski definition) is 1. The van der Waals surface area contributed by atoms with Crippen LogP contribution in [0.15, 0.2) is 6.20 Å². The number of alkyl halides is 2. The van der Waals surface area contributed by atoms with Gasteiger partial charge in [-0.25, -0.2) is 8.78 Å². The molecule has 0 radical (unpaired) electrons. The fourth-order valence-corrected chi connectivity index (χ4v) is 1.89. The second-order valence-corrected chi connectivity index (χ2v) is 3.61. The second kappa shape index (κ2) is 4.75. The van der Waals surface area contributed by atoms with E-state index in [4.69, 9.17) is 5.11 Å². The van der Waals surface area contributed by atoms with Crippen molar-refractivity contribution in [2.24, 2.45) is 0 Å². The third kappa shape index (κ3) is 2.37. The molecule has 0 aromatic carbocycles. The van der Waals surface area contributed by atoms with Gasteiger partial charge in [0.2, 0.25) is 0 Å². The van der Waals surface area contributed by atoms with E-state index in [1.54, 1.807) is 0 Å². The summed E-state index contributed by atoms with van der Waals surface area (Å²) in [4.78, 5) is 13.1. The van der Waals surface area contributed by atoms with Crippen molar-refractivity contribution in [3.8, 4) is 0 Å². The van der Waals surface area contributed by atoms with Gasteiger partial charge in [0, 0.05) is 0 Å². The number of aromatic nitrogens is 1. The number of hydrogen-bond acceptors (Lipinski definition) is 4. The van der Waals surface area contributed by atoms with Crippen LogP contribution in [0.2, 0.25) is 0 Å². The number of aliphatic hydroxyl groups is 1. The summed E-state index contributed by atoms with van der Waals surface area (Å²) < 4.78 is 24.9. The fourth-order valence-electron chi connectivity index (χ4n) is 1.00. The highest BCUT2D eigenvalue weighted by molar-refractivity contribution is 14.1. The molecule has 1 N–H and O–H groups in total. The fraction of sp³-hybridized carbons (Fsp3) is 0.286. The predicted molar refractivity (Wildman–Crippen MR) is 54.5 cm³/mol. The number of aliphatic hydroxyl groups excluding tert-OH is 1. The first-order valence-electron chi connectivity index (χ1n) is 3.69. The van der Waals surface area contributed by atoms with Crippen molar-refractivity contribution in [3.63, 3.8) is 0 Å². The highest BCUT2D eigenvalue weighted by atomic mass is 127. The standard InChI is InChI=1S/C7H5F2IN2O3/c8-7(9)5-3(2-13)11-1-4(6(5)10)12(14)15/h1,7,13H,2H2. The van der Waals surface area contributed by atoms with Gasteiger partial charge in [-0.2, -0.15) is 0 Å². The van der Waals surface area contributed by atoms with E-state index in [1.807, 2.05) is 0 Å². The molecule has 0 amide bonds. The molecular formula is C7H5F2IN2O3. The van der Waals surface area contributed by atoms with Gasteiger partial charge in [-0.05, 0) is 22.6 Å². The van der Waals surface area contributed by atoms with Crippen LogP contribution in [0, 0.1) is 13.7 Å². The molecule has 1 rings (SSSR count). The average Bonchev–Trinajstić information content (AvgIpc) is 2.15. The largest absolute Gasteiger partial charge is 0.390 e. The van der Waals surface area contributed by atoms with Gasteiger partial charge in [-0.3, -0.25) is 15.1 Å². The normalized spacial score (nSPS) is 10.7. The molecule has 15 heavy (non-hydrogen) atoms. The molecule has 8 heteroatoms. The van der Waals surface area contributed by atoms with Crippen LogP contribution in [0.4, 0.5) is 14.5 Å². The Balaban J connectivity index is 3.42. The van der Waals surface area contributed by atoms with E-state index in [9.17, 15) is 18.9 Å². The summed E-state index contributed by atoms with van der Waals surface area (Å²) in [5.41, 5.74) is -1.30. The molecule has 0 atom stereocenters. The van der Waals surface area contributed by atoms with Crippen molar-refractivity contribution < 1.29 is 18.8 Å². The van der Waals surface area contributed by atoms with Crippen molar-refractivity contribution in [1.29, 1.82) is 0 Å². The van der Waals surface area contributed by atoms with Gasteiger partial charge in [0.25, 0.3) is 6.43 Å². The lowest BCUT2D eigenvalue weighted by atomic mass is 10.2. The van der Waals surface area contributed by atoms with Crippen molar-refractivity contribution in [2.75, 3.05) is 0 Å². The van der Waals surface area contributed by atoms with Gasteiger partial charge < -0.3 is 5.11 Å². The zero-order chi connectivity index (χ0) is 11.6. The number of rotatable bonds is 3. The molecule has 1 heterocycles. The lowest BCUT2D eigenvalue weighted by Gasteiger charge is -2.07. The van der Waals surface area contributed by atoms with Crippen LogP contribution < -0.4 is 0 Å². The van der Waals surface area contributed by atoms with Crippen LogP contribution in [0.25, 0.3) is 0 Å². The van der Waals surface area contributed by atoms with Crippen molar-refractivity contribution in [2.45, 2.75) is 13.0 Å². The van der Waals surface area contributed by atoms with E-state index in [-0.39, 0.29) is 9.26 Å². The summed E-state index contributed by atoms with van der Waals surface area (Å²) in [7, 11) is 0. The molecule has 1 aromatic rings. The number of pyridine rings is 1. The van der Waals surface area contributed by atoms with Crippen LogP contribution in [-0.4, -0.2) is 15.0 Å². The summed E-state index contributed by atoms with van der Waals surface area (Å²) in [6.07, 6.45) is -2.04. The maximum absolute atomic E-state index is 12.5. The summed E-state index contributed by atoms with van der Waals surface area (Å²) >= 11 is 1.45. The minimum atomic E-state index is -2.90. The Labute approximate surface area is 96.4 Å². The van der Waals surface area contributed by atoms with Crippen LogP contribution in [0.1, 0.15) is 17.7 Å². The van der Waals surface area contributed by atoms with Gasteiger partial charge >= 0.3 is 5.69 Å². The molecule has 1 aromatic heterocycles. The van der Waals surface area contributed by atoms with Gasteiger partial charge in [0.1, 0.15) is 9.77 Å². The lowest BCUT2D eigenvalue weighted by molar-refractivity contribution is -0.386. The Morgan fingerprint density at radius 3 is 2.67 bits per heavy atom. The van der Waals surface area contributed by atoms with E-state index in [1.165, 1.54) is 22.6 Å². The summed E-state index contributed by atoms with van der Waals surface area (Å²) in [5, 5.41) is 19.2. The van der Waals surface area contributed by atoms with Gasteiger partial charge in [0.15, 0.2) is 0 Å². The molecule has 0 fully saturated rings. The van der Waals surface area contributed by atoms with Gasteiger partial charge in [-0.15, -0.1) is 0 Å². The maximum Gasteiger partial charge on any atom is 0.301 e. The maximum atomic E-state index is 12.5. The van der Waals surface area contributed by atoms with Gasteiger partial charge in [-0.1, -0.05) is 0 Å². The molecule has 0 unspecified atom stereocenters. The average molecular weight is 330 g/mol. The summed E-state index contributed by atoms with van der Waals surface area (Å²) in [6.45, 7) is -0.673. The Hall–Kier alpha value is -0.900. The van der Waals surface area contributed by atoms with Crippen molar-refractivity contribution >= 4 is 28.3 Å². The number of nitro groups is 1. The first-order chi connectivity index (χ1) is 6.99. The number of nitrogens with zero attached hydrogens (tertiary/aromatic N) is 2. The minimum absolute atomic E-state index is 0.188. The summed E-state index contributed by atoms with van der Waals surface area (Å²) in [5.74, 6) is 0. The molecule has 0 aliphatic carbocycles. The highest BCUT2D eigenvalue weighted by Gasteiger charge is 2.25. The SMILES string of the molecule is O=[N+]([O-])c1cnc(CO)c(C(F)F)c1I. The van der Waals surface area contributed by atoms with Crippen molar-refractivity contribution in [3.05, 3.63) is 31.1 Å². The smallest absolute Gasteiger partial charge is 0.301 e. The van der Waals surface area contributed by atoms with Crippen LogP contribution in [0.5, 0.6) is 0 Å². The molecule has 0 aliphatic rings. The molecule has 5 nitrogen and oxygen atoms in total. The Morgan fingerprint density at radius 1 is 1.67 bits per heavy atom. The van der Waals surface area contributed by atoms with Crippen molar-refractivity contribution in [1.82, 2.24) is 4.98 Å². The van der Waals surface area contributed by atoms with E-state index in [0.29, 0.717) is 0 Å². The lowest BCUT2D eigenvalue weighted by Crippen LogP contribution is -2.05. The van der Waals surface area contributed by atoms with E-state index < -0.39 is 29.2 Å². The molecule has 0 aliphatic heterocycles. The molecule has 82 valence electrons. The monoisotopic (exact) mass is 330 g/mol. The molecule has 0 saturated carbocycles. The first kappa shape index (κ1) is 12.2. The molecule has 0 spiro atoms. The zero-order valence-electron chi connectivity index (χ0n) is 7.15. The minimum Gasteiger partial charge on any atom is -0.390 e. The molecular weight excluding hydrogens is 325 g/mol. The van der Waals surface area contributed by atoms with E-state index in [2.05, 4.69) is 4.98 Å². The quantitative estimate of drug-likeness (QED) is 0.523. The van der Waals surface area contributed by atoms with Crippen LogP contribution in [-0.2, 0) is 6.61 Å². The summed E-state index contributed by atoms with van der Waals surface area (Å²) in [6, 6.07) is 0. The second-order valence-electron chi connectivity index (χ2n) is 2.53. The van der Waals surface area contributed by atoms with Crippen LogP contribution in [0.3, 0.4) is 0 Å². The molecule has 0 saturated heterocycles.